The van der Waals surface area contributed by atoms with Gasteiger partial charge in [-0.25, -0.2) is 4.79 Å². The van der Waals surface area contributed by atoms with E-state index in [1.165, 1.54) is 0 Å². The summed E-state index contributed by atoms with van der Waals surface area (Å²) in [5.74, 6) is -0.0793. The van der Waals surface area contributed by atoms with Crippen LogP contribution in [0.1, 0.15) is 24.9 Å². The van der Waals surface area contributed by atoms with E-state index >= 15 is 0 Å². The summed E-state index contributed by atoms with van der Waals surface area (Å²) < 4.78 is 0. The van der Waals surface area contributed by atoms with E-state index in [1.807, 2.05) is 19.1 Å². The maximum Gasteiger partial charge on any atom is 0.316 e. The zero-order valence-corrected chi connectivity index (χ0v) is 10.3. The number of carbonyl (C=O) groups excluding carboxylic acids is 2. The zero-order chi connectivity index (χ0) is 13.5. The van der Waals surface area contributed by atoms with Crippen molar-refractivity contribution in [3.63, 3.8) is 0 Å². The van der Waals surface area contributed by atoms with Gasteiger partial charge in [0.25, 0.3) is 0 Å². The molecule has 0 heterocycles. The molecule has 1 aromatic rings. The van der Waals surface area contributed by atoms with Crippen molar-refractivity contribution < 1.29 is 9.59 Å². The molecule has 1 atom stereocenters. The van der Waals surface area contributed by atoms with Crippen LogP contribution in [0, 0.1) is 0 Å². The number of hydrogen-bond acceptors (Lipinski definition) is 3. The molecule has 0 bridgehead atoms. The first-order valence-electron chi connectivity index (χ1n) is 5.68. The highest BCUT2D eigenvalue weighted by atomic mass is 16.2. The van der Waals surface area contributed by atoms with E-state index in [2.05, 4.69) is 10.6 Å². The Morgan fingerprint density at radius 1 is 1.28 bits per heavy atom. The fourth-order valence-corrected chi connectivity index (χ4v) is 1.53. The second-order valence-electron chi connectivity index (χ2n) is 3.94. The van der Waals surface area contributed by atoms with Crippen molar-refractivity contribution in [3.05, 3.63) is 29.8 Å². The Morgan fingerprint density at radius 2 is 1.89 bits per heavy atom. The fourth-order valence-electron chi connectivity index (χ4n) is 1.53. The van der Waals surface area contributed by atoms with Crippen molar-refractivity contribution in [2.45, 2.75) is 19.4 Å². The summed E-state index contributed by atoms with van der Waals surface area (Å²) in [6.45, 7) is 2.21. The Morgan fingerprint density at radius 3 is 2.39 bits per heavy atom. The average Bonchev–Trinajstić information content (AvgIpc) is 2.29. The lowest BCUT2D eigenvalue weighted by molar-refractivity contribution is -0.121. The lowest BCUT2D eigenvalue weighted by atomic mass is 10.1. The van der Waals surface area contributed by atoms with Crippen LogP contribution >= 0.6 is 0 Å². The van der Waals surface area contributed by atoms with Crippen LogP contribution in [0.5, 0.6) is 0 Å². The summed E-state index contributed by atoms with van der Waals surface area (Å²) in [5.41, 5.74) is 11.9. The highest BCUT2D eigenvalue weighted by Gasteiger charge is 2.08. The predicted octanol–water partition coefficient (Wildman–Crippen LogP) is 0.703. The highest BCUT2D eigenvalue weighted by Crippen LogP contribution is 2.15. The van der Waals surface area contributed by atoms with E-state index < -0.39 is 6.03 Å². The molecule has 1 rings (SSSR count). The van der Waals surface area contributed by atoms with Gasteiger partial charge in [-0.05, 0) is 24.6 Å². The number of carbonyl (C=O) groups is 2. The van der Waals surface area contributed by atoms with E-state index in [0.717, 1.165) is 5.56 Å². The molecule has 0 fully saturated rings. The molecule has 0 aliphatic heterocycles. The molecular weight excluding hydrogens is 232 g/mol. The minimum absolute atomic E-state index is 0.0793. The summed E-state index contributed by atoms with van der Waals surface area (Å²) in [4.78, 5) is 22.0. The second-order valence-corrected chi connectivity index (χ2v) is 3.94. The second kappa shape index (κ2) is 6.61. The monoisotopic (exact) mass is 250 g/mol. The molecule has 1 aromatic carbocycles. The van der Waals surface area contributed by atoms with Crippen LogP contribution in [0.4, 0.5) is 10.5 Å². The number of hydrogen-bond donors (Lipinski definition) is 4. The van der Waals surface area contributed by atoms with Gasteiger partial charge in [0.05, 0.1) is 6.04 Å². The third kappa shape index (κ3) is 4.42. The van der Waals surface area contributed by atoms with E-state index in [9.17, 15) is 9.59 Å². The molecule has 0 aliphatic carbocycles. The molecule has 18 heavy (non-hydrogen) atoms. The Kier molecular flexibility index (Phi) is 5.13. The third-order valence-electron chi connectivity index (χ3n) is 2.43. The van der Waals surface area contributed by atoms with E-state index in [1.54, 1.807) is 12.1 Å². The van der Waals surface area contributed by atoms with Crippen molar-refractivity contribution in [1.29, 1.82) is 0 Å². The van der Waals surface area contributed by atoms with Crippen LogP contribution in [0.3, 0.4) is 0 Å². The molecule has 0 aliphatic rings. The smallest absolute Gasteiger partial charge is 0.316 e. The van der Waals surface area contributed by atoms with Gasteiger partial charge in [-0.3, -0.25) is 4.79 Å². The summed E-state index contributed by atoms with van der Waals surface area (Å²) in [7, 11) is 0. The number of nitrogens with two attached hydrogens (primary N) is 2. The Labute approximate surface area is 106 Å². The minimum Gasteiger partial charge on any atom is -0.351 e. The van der Waals surface area contributed by atoms with Gasteiger partial charge >= 0.3 is 6.03 Å². The Balaban J connectivity index is 2.61. The number of amides is 3. The van der Waals surface area contributed by atoms with Crippen LogP contribution in [-0.2, 0) is 4.79 Å². The van der Waals surface area contributed by atoms with Crippen LogP contribution < -0.4 is 22.1 Å². The molecule has 0 saturated heterocycles. The molecule has 3 amide bonds. The number of rotatable bonds is 5. The van der Waals surface area contributed by atoms with Gasteiger partial charge in [0.15, 0.2) is 0 Å². The molecule has 1 unspecified atom stereocenters. The van der Waals surface area contributed by atoms with Gasteiger partial charge in [0, 0.05) is 18.7 Å². The van der Waals surface area contributed by atoms with Crippen LogP contribution in [0.2, 0.25) is 0 Å². The fraction of sp³-hybridized carbons (Fsp3) is 0.333. The molecule has 6 heteroatoms. The Bertz CT molecular complexity index is 417. The molecule has 6 nitrogen and oxygen atoms in total. The van der Waals surface area contributed by atoms with Crippen molar-refractivity contribution in [2.24, 2.45) is 11.5 Å². The third-order valence-corrected chi connectivity index (χ3v) is 2.43. The first-order valence-corrected chi connectivity index (χ1v) is 5.68. The first kappa shape index (κ1) is 14.0. The minimum atomic E-state index is -0.605. The lowest BCUT2D eigenvalue weighted by Gasteiger charge is -2.14. The van der Waals surface area contributed by atoms with E-state index in [4.69, 9.17) is 11.5 Å². The van der Waals surface area contributed by atoms with Crippen LogP contribution in [0.25, 0.3) is 0 Å². The largest absolute Gasteiger partial charge is 0.351 e. The van der Waals surface area contributed by atoms with Crippen molar-refractivity contribution in [1.82, 2.24) is 5.32 Å². The number of nitrogens with one attached hydrogen (secondary N) is 2. The van der Waals surface area contributed by atoms with Gasteiger partial charge in [-0.15, -0.1) is 0 Å². The number of primary amides is 1. The van der Waals surface area contributed by atoms with Gasteiger partial charge in [0.2, 0.25) is 5.91 Å². The molecule has 0 radical (unpaired) electrons. The lowest BCUT2D eigenvalue weighted by Crippen LogP contribution is -2.28. The van der Waals surface area contributed by atoms with Crippen molar-refractivity contribution in [2.75, 3.05) is 11.9 Å². The number of benzene rings is 1. The van der Waals surface area contributed by atoms with Crippen LogP contribution in [-0.4, -0.2) is 18.5 Å². The van der Waals surface area contributed by atoms with Crippen LogP contribution in [0.15, 0.2) is 24.3 Å². The van der Waals surface area contributed by atoms with Gasteiger partial charge in [-0.2, -0.15) is 0 Å². The molecule has 0 spiro atoms. The van der Waals surface area contributed by atoms with E-state index in [-0.39, 0.29) is 11.9 Å². The quantitative estimate of drug-likeness (QED) is 0.617. The zero-order valence-electron chi connectivity index (χ0n) is 10.3. The summed E-state index contributed by atoms with van der Waals surface area (Å²) in [6, 6.07) is 6.38. The normalized spacial score (nSPS) is 11.7. The highest BCUT2D eigenvalue weighted by molar-refractivity contribution is 5.87. The van der Waals surface area contributed by atoms with E-state index in [0.29, 0.717) is 18.7 Å². The molecular formula is C12H18N4O2. The summed E-state index contributed by atoms with van der Waals surface area (Å²) in [6.07, 6.45) is 0.311. The van der Waals surface area contributed by atoms with Gasteiger partial charge in [-0.1, -0.05) is 12.1 Å². The molecule has 0 aromatic heterocycles. The number of anilines is 1. The predicted molar refractivity (Wildman–Crippen MR) is 69.9 cm³/mol. The molecule has 98 valence electrons. The number of urea groups is 1. The van der Waals surface area contributed by atoms with Gasteiger partial charge < -0.3 is 22.1 Å². The average molecular weight is 250 g/mol. The summed E-state index contributed by atoms with van der Waals surface area (Å²) >= 11 is 0. The topological polar surface area (TPSA) is 110 Å². The standard InChI is InChI=1S/C12H18N4O2/c1-8(15-11(17)6-7-13)9-2-4-10(5-3-9)16-12(14)18/h2-5,8H,6-7,13H2,1H3,(H,15,17)(H3,14,16,18). The summed E-state index contributed by atoms with van der Waals surface area (Å²) in [5, 5.41) is 5.29. The SMILES string of the molecule is CC(NC(=O)CCN)c1ccc(NC(N)=O)cc1. The van der Waals surface area contributed by atoms with Crippen molar-refractivity contribution in [3.8, 4) is 0 Å². The first-order chi connectivity index (χ1) is 8.52. The van der Waals surface area contributed by atoms with Gasteiger partial charge in [0.1, 0.15) is 0 Å². The molecule has 0 saturated carbocycles. The maximum absolute atomic E-state index is 11.4. The molecule has 6 N–H and O–H groups in total. The van der Waals surface area contributed by atoms with Crippen molar-refractivity contribution >= 4 is 17.6 Å². The maximum atomic E-state index is 11.4. The Hall–Kier alpha value is -2.08.